The molecule has 0 bridgehead atoms. The highest BCUT2D eigenvalue weighted by Gasteiger charge is 2.11. The van der Waals surface area contributed by atoms with Crippen molar-refractivity contribution in [3.8, 4) is 17.1 Å². The molecule has 138 valence electrons. The van der Waals surface area contributed by atoms with Gasteiger partial charge in [0.2, 0.25) is 5.82 Å². The number of carbonyl (C=O) groups is 1. The third-order valence-electron chi connectivity index (χ3n) is 3.79. The Hall–Kier alpha value is -3.41. The van der Waals surface area contributed by atoms with E-state index in [0.29, 0.717) is 12.4 Å². The Morgan fingerprint density at radius 1 is 1.15 bits per heavy atom. The van der Waals surface area contributed by atoms with E-state index in [2.05, 4.69) is 10.1 Å². The van der Waals surface area contributed by atoms with Crippen LogP contribution in [0.5, 0.6) is 5.75 Å². The number of carbonyl (C=O) groups excluding carboxylic acids is 1. The lowest BCUT2D eigenvalue weighted by Gasteiger charge is -2.02. The molecule has 0 atom stereocenters. The molecule has 0 saturated carbocycles. The second-order valence-electron chi connectivity index (χ2n) is 5.77. The van der Waals surface area contributed by atoms with E-state index in [1.165, 1.54) is 6.08 Å². The first-order chi connectivity index (χ1) is 13.2. The maximum absolute atomic E-state index is 11.9. The zero-order valence-corrected chi connectivity index (χ0v) is 15.2. The van der Waals surface area contributed by atoms with E-state index >= 15 is 0 Å². The molecule has 3 rings (SSSR count). The number of aryl methyl sites for hydroxylation is 1. The highest BCUT2D eigenvalue weighted by Crippen LogP contribution is 2.20. The lowest BCUT2D eigenvalue weighted by molar-refractivity contribution is -0.139. The molecule has 0 aliphatic heterocycles. The molecule has 6 nitrogen and oxygen atoms in total. The summed E-state index contributed by atoms with van der Waals surface area (Å²) >= 11 is 0. The van der Waals surface area contributed by atoms with Crippen molar-refractivity contribution in [2.45, 2.75) is 20.5 Å². The van der Waals surface area contributed by atoms with Gasteiger partial charge in [0.25, 0.3) is 5.89 Å². The predicted molar refractivity (Wildman–Crippen MR) is 101 cm³/mol. The number of esters is 1. The van der Waals surface area contributed by atoms with Gasteiger partial charge in [-0.15, -0.1) is 0 Å². The number of hydrogen-bond acceptors (Lipinski definition) is 6. The number of ether oxygens (including phenoxy) is 2. The third-order valence-corrected chi connectivity index (χ3v) is 3.79. The molecule has 27 heavy (non-hydrogen) atoms. The second-order valence-corrected chi connectivity index (χ2v) is 5.77. The molecular formula is C21H20N2O4. The first-order valence-electron chi connectivity index (χ1n) is 8.62. The Balaban J connectivity index is 1.54. The Labute approximate surface area is 157 Å². The summed E-state index contributed by atoms with van der Waals surface area (Å²) in [4.78, 5) is 16.1. The maximum Gasteiger partial charge on any atom is 0.331 e. The van der Waals surface area contributed by atoms with Crippen molar-refractivity contribution in [3.05, 3.63) is 71.6 Å². The summed E-state index contributed by atoms with van der Waals surface area (Å²) in [7, 11) is 0. The van der Waals surface area contributed by atoms with Gasteiger partial charge in [-0.25, -0.2) is 4.79 Å². The quantitative estimate of drug-likeness (QED) is 0.462. The van der Waals surface area contributed by atoms with E-state index < -0.39 is 5.97 Å². The zero-order chi connectivity index (χ0) is 19.1. The molecule has 2 aromatic carbocycles. The van der Waals surface area contributed by atoms with E-state index in [4.69, 9.17) is 14.0 Å². The highest BCUT2D eigenvalue weighted by atomic mass is 16.6. The van der Waals surface area contributed by atoms with Crippen LogP contribution in [0.1, 0.15) is 23.9 Å². The molecule has 1 heterocycles. The van der Waals surface area contributed by atoms with Gasteiger partial charge in [-0.05, 0) is 43.2 Å². The fourth-order valence-corrected chi connectivity index (χ4v) is 2.43. The lowest BCUT2D eigenvalue weighted by atomic mass is 10.1. The molecule has 0 aliphatic carbocycles. The number of nitrogens with zero attached hydrogens (tertiary/aromatic N) is 2. The van der Waals surface area contributed by atoms with Crippen molar-refractivity contribution in [1.29, 1.82) is 0 Å². The fraction of sp³-hybridized carbons (Fsp3) is 0.190. The zero-order valence-electron chi connectivity index (χ0n) is 15.2. The van der Waals surface area contributed by atoms with Crippen LogP contribution in [0.3, 0.4) is 0 Å². The van der Waals surface area contributed by atoms with Gasteiger partial charge < -0.3 is 14.0 Å². The number of aromatic nitrogens is 2. The van der Waals surface area contributed by atoms with Gasteiger partial charge in [0.05, 0.1) is 6.61 Å². The molecule has 0 saturated heterocycles. The average molecular weight is 364 g/mol. The average Bonchev–Trinajstić information content (AvgIpc) is 3.15. The first kappa shape index (κ1) is 18.4. The minimum absolute atomic E-state index is 0.0780. The van der Waals surface area contributed by atoms with E-state index in [1.54, 1.807) is 6.08 Å². The molecule has 3 aromatic rings. The highest BCUT2D eigenvalue weighted by molar-refractivity contribution is 5.87. The van der Waals surface area contributed by atoms with Crippen LogP contribution >= 0.6 is 0 Å². The van der Waals surface area contributed by atoms with Crippen molar-refractivity contribution in [2.24, 2.45) is 0 Å². The van der Waals surface area contributed by atoms with E-state index in [-0.39, 0.29) is 12.5 Å². The summed E-state index contributed by atoms with van der Waals surface area (Å²) < 4.78 is 15.7. The van der Waals surface area contributed by atoms with Crippen LogP contribution in [-0.2, 0) is 16.1 Å². The topological polar surface area (TPSA) is 74.5 Å². The minimum Gasteiger partial charge on any atom is -0.494 e. The van der Waals surface area contributed by atoms with Crippen LogP contribution in [0.2, 0.25) is 0 Å². The maximum atomic E-state index is 11.9. The molecule has 0 aliphatic rings. The van der Waals surface area contributed by atoms with Gasteiger partial charge in [0.1, 0.15) is 5.75 Å². The number of rotatable bonds is 7. The molecule has 6 heteroatoms. The van der Waals surface area contributed by atoms with Crippen molar-refractivity contribution in [2.75, 3.05) is 6.61 Å². The molecule has 0 fully saturated rings. The Kier molecular flexibility index (Phi) is 5.99. The van der Waals surface area contributed by atoms with Crippen LogP contribution in [0.15, 0.2) is 59.1 Å². The largest absolute Gasteiger partial charge is 0.494 e. The van der Waals surface area contributed by atoms with Crippen molar-refractivity contribution in [3.63, 3.8) is 0 Å². The molecule has 0 spiro atoms. The van der Waals surface area contributed by atoms with Gasteiger partial charge in [-0.2, -0.15) is 4.98 Å². The molecule has 0 amide bonds. The van der Waals surface area contributed by atoms with Crippen LogP contribution in [-0.4, -0.2) is 22.7 Å². The van der Waals surface area contributed by atoms with Crippen LogP contribution in [0, 0.1) is 6.92 Å². The SMILES string of the molecule is CCOc1ccc(/C=C/C(=O)OCc2nc(-c3ccccc3C)no2)cc1. The van der Waals surface area contributed by atoms with Gasteiger partial charge in [0, 0.05) is 11.6 Å². The Bertz CT molecular complexity index is 929. The molecule has 0 N–H and O–H groups in total. The summed E-state index contributed by atoms with van der Waals surface area (Å²) in [5, 5.41) is 3.93. The van der Waals surface area contributed by atoms with Gasteiger partial charge in [0.15, 0.2) is 6.61 Å². The van der Waals surface area contributed by atoms with Gasteiger partial charge in [-0.3, -0.25) is 0 Å². The first-order valence-corrected chi connectivity index (χ1v) is 8.62. The summed E-state index contributed by atoms with van der Waals surface area (Å²) in [6.45, 7) is 4.43. The van der Waals surface area contributed by atoms with Gasteiger partial charge in [-0.1, -0.05) is 41.6 Å². The van der Waals surface area contributed by atoms with E-state index in [0.717, 1.165) is 22.4 Å². The summed E-state index contributed by atoms with van der Waals surface area (Å²) in [5.41, 5.74) is 2.80. The molecule has 0 radical (unpaired) electrons. The normalized spacial score (nSPS) is 10.9. The summed E-state index contributed by atoms with van der Waals surface area (Å²) in [6.07, 6.45) is 3.03. The molecule has 0 unspecified atom stereocenters. The van der Waals surface area contributed by atoms with Crippen LogP contribution < -0.4 is 4.74 Å². The fourth-order valence-electron chi connectivity index (χ4n) is 2.43. The van der Waals surface area contributed by atoms with E-state index in [9.17, 15) is 4.79 Å². The van der Waals surface area contributed by atoms with Crippen LogP contribution in [0.4, 0.5) is 0 Å². The van der Waals surface area contributed by atoms with Crippen LogP contribution in [0.25, 0.3) is 17.5 Å². The Morgan fingerprint density at radius 2 is 1.93 bits per heavy atom. The molecular weight excluding hydrogens is 344 g/mol. The minimum atomic E-state index is -0.487. The predicted octanol–water partition coefficient (Wildman–Crippen LogP) is 4.20. The Morgan fingerprint density at radius 3 is 2.67 bits per heavy atom. The lowest BCUT2D eigenvalue weighted by Crippen LogP contribution is -2.01. The van der Waals surface area contributed by atoms with Crippen molar-refractivity contribution < 1.29 is 18.8 Å². The summed E-state index contributed by atoms with van der Waals surface area (Å²) in [5.74, 6) is 1.03. The molecule has 1 aromatic heterocycles. The number of benzene rings is 2. The second kappa shape index (κ2) is 8.80. The van der Waals surface area contributed by atoms with E-state index in [1.807, 2.05) is 62.4 Å². The van der Waals surface area contributed by atoms with Gasteiger partial charge >= 0.3 is 5.97 Å². The number of hydrogen-bond donors (Lipinski definition) is 0. The third kappa shape index (κ3) is 5.04. The monoisotopic (exact) mass is 364 g/mol. The van der Waals surface area contributed by atoms with Crippen molar-refractivity contribution in [1.82, 2.24) is 10.1 Å². The van der Waals surface area contributed by atoms with Crippen molar-refractivity contribution >= 4 is 12.0 Å². The standard InChI is InChI=1S/C21H20N2O4/c1-3-25-17-11-8-16(9-12-17)10-13-20(24)26-14-19-22-21(23-27-19)18-7-5-4-6-15(18)2/h4-13H,3,14H2,1-2H3/b13-10+. The smallest absolute Gasteiger partial charge is 0.331 e. The summed E-state index contributed by atoms with van der Waals surface area (Å²) in [6, 6.07) is 15.2.